The van der Waals surface area contributed by atoms with Crippen molar-refractivity contribution in [3.63, 3.8) is 0 Å². The Morgan fingerprint density at radius 1 is 1.35 bits per heavy atom. The van der Waals surface area contributed by atoms with Gasteiger partial charge in [-0.05, 0) is 36.4 Å². The number of hydrogen-bond acceptors (Lipinski definition) is 2. The molecule has 0 unspecified atom stereocenters. The third-order valence-electron chi connectivity index (χ3n) is 1.67. The second kappa shape index (κ2) is 6.94. The Labute approximate surface area is 120 Å². The van der Waals surface area contributed by atoms with Crippen LogP contribution in [0.5, 0.6) is 5.75 Å². The lowest BCUT2D eigenvalue weighted by atomic mass is 10.3. The van der Waals surface area contributed by atoms with Gasteiger partial charge in [-0.2, -0.15) is 13.2 Å². The van der Waals surface area contributed by atoms with E-state index in [1.54, 1.807) is 0 Å². The second-order valence-electron chi connectivity index (χ2n) is 3.03. The van der Waals surface area contributed by atoms with E-state index >= 15 is 0 Å². The van der Waals surface area contributed by atoms with Gasteiger partial charge in [-0.3, -0.25) is 0 Å². The highest BCUT2D eigenvalue weighted by molar-refractivity contribution is 14.1. The van der Waals surface area contributed by atoms with Crippen LogP contribution in [0.4, 0.5) is 13.2 Å². The van der Waals surface area contributed by atoms with Crippen LogP contribution < -0.4 is 4.74 Å². The Kier molecular flexibility index (Phi) is 6.22. The van der Waals surface area contributed by atoms with Crippen molar-refractivity contribution >= 4 is 46.0 Å². The standard InChI is InChI=1S/C10H9ClF3IOS/c11-8-3-2-7(17-10(12,13)14)6-9(8)16-5-1-4-15/h2-3,6H,1,4-5H2. The van der Waals surface area contributed by atoms with Crippen LogP contribution in [-0.4, -0.2) is 16.5 Å². The first kappa shape index (κ1) is 15.2. The number of rotatable bonds is 5. The maximum Gasteiger partial charge on any atom is 0.446 e. The van der Waals surface area contributed by atoms with Gasteiger partial charge in [0.15, 0.2) is 0 Å². The molecule has 1 nitrogen and oxygen atoms in total. The predicted octanol–water partition coefficient (Wildman–Crippen LogP) is 5.16. The Bertz CT molecular complexity index is 373. The molecule has 0 aliphatic rings. The molecule has 96 valence electrons. The predicted molar refractivity (Wildman–Crippen MR) is 72.4 cm³/mol. The summed E-state index contributed by atoms with van der Waals surface area (Å²) in [7, 11) is 0. The van der Waals surface area contributed by atoms with Crippen LogP contribution >= 0.6 is 46.0 Å². The van der Waals surface area contributed by atoms with Crippen LogP contribution in [0.3, 0.4) is 0 Å². The SMILES string of the molecule is FC(F)(F)Sc1ccc(Cl)c(OCCCI)c1. The van der Waals surface area contributed by atoms with Crippen molar-refractivity contribution in [1.82, 2.24) is 0 Å². The van der Waals surface area contributed by atoms with Crippen LogP contribution in [-0.2, 0) is 0 Å². The van der Waals surface area contributed by atoms with E-state index in [-0.39, 0.29) is 16.7 Å². The minimum Gasteiger partial charge on any atom is -0.492 e. The summed E-state index contributed by atoms with van der Waals surface area (Å²) in [6.07, 6.45) is 0.827. The van der Waals surface area contributed by atoms with E-state index in [0.29, 0.717) is 17.4 Å². The Morgan fingerprint density at radius 2 is 2.06 bits per heavy atom. The van der Waals surface area contributed by atoms with Gasteiger partial charge >= 0.3 is 5.51 Å². The molecule has 0 saturated heterocycles. The summed E-state index contributed by atoms with van der Waals surface area (Å²) in [5.74, 6) is 0.297. The first-order valence-electron chi connectivity index (χ1n) is 4.66. The number of ether oxygens (including phenoxy) is 1. The largest absolute Gasteiger partial charge is 0.492 e. The fourth-order valence-electron chi connectivity index (χ4n) is 1.03. The zero-order valence-electron chi connectivity index (χ0n) is 8.56. The van der Waals surface area contributed by atoms with Gasteiger partial charge in [-0.1, -0.05) is 34.2 Å². The molecular weight excluding hydrogens is 388 g/mol. The van der Waals surface area contributed by atoms with Crippen LogP contribution in [0.15, 0.2) is 23.1 Å². The molecule has 1 rings (SSSR count). The van der Waals surface area contributed by atoms with E-state index in [1.165, 1.54) is 18.2 Å². The third kappa shape index (κ3) is 6.05. The van der Waals surface area contributed by atoms with Crippen molar-refractivity contribution in [2.75, 3.05) is 11.0 Å². The highest BCUT2D eigenvalue weighted by atomic mass is 127. The average molecular weight is 397 g/mol. The zero-order chi connectivity index (χ0) is 12.9. The van der Waals surface area contributed by atoms with Crippen molar-refractivity contribution < 1.29 is 17.9 Å². The van der Waals surface area contributed by atoms with Crippen molar-refractivity contribution in [2.45, 2.75) is 16.8 Å². The van der Waals surface area contributed by atoms with Gasteiger partial charge in [-0.15, -0.1) is 0 Å². The van der Waals surface area contributed by atoms with E-state index in [4.69, 9.17) is 16.3 Å². The second-order valence-corrected chi connectivity index (χ2v) is 5.66. The number of alkyl halides is 4. The summed E-state index contributed by atoms with van der Waals surface area (Å²) in [5, 5.41) is 0.324. The summed E-state index contributed by atoms with van der Waals surface area (Å²) in [6, 6.07) is 4.05. The van der Waals surface area contributed by atoms with Gasteiger partial charge in [0.1, 0.15) is 5.75 Å². The first-order chi connectivity index (χ1) is 7.92. The minimum atomic E-state index is -4.30. The molecule has 0 N–H and O–H groups in total. The molecule has 0 fully saturated rings. The lowest BCUT2D eigenvalue weighted by Crippen LogP contribution is -2.01. The minimum absolute atomic E-state index is 0.0753. The van der Waals surface area contributed by atoms with Gasteiger partial charge in [0.2, 0.25) is 0 Å². The topological polar surface area (TPSA) is 9.23 Å². The molecule has 0 amide bonds. The normalized spacial score (nSPS) is 11.6. The molecule has 0 aromatic heterocycles. The van der Waals surface area contributed by atoms with Crippen LogP contribution in [0.2, 0.25) is 5.02 Å². The molecule has 1 aromatic rings. The number of halogens is 5. The fraction of sp³-hybridized carbons (Fsp3) is 0.400. The van der Waals surface area contributed by atoms with Crippen LogP contribution in [0.1, 0.15) is 6.42 Å². The third-order valence-corrected chi connectivity index (χ3v) is 3.47. The van der Waals surface area contributed by atoms with Crippen molar-refractivity contribution in [1.29, 1.82) is 0 Å². The van der Waals surface area contributed by atoms with Crippen LogP contribution in [0.25, 0.3) is 0 Å². The molecule has 0 spiro atoms. The number of thioether (sulfide) groups is 1. The fourth-order valence-corrected chi connectivity index (χ4v) is 2.08. The van der Waals surface area contributed by atoms with Crippen molar-refractivity contribution in [2.24, 2.45) is 0 Å². The van der Waals surface area contributed by atoms with Crippen molar-refractivity contribution in [3.8, 4) is 5.75 Å². The lowest BCUT2D eigenvalue weighted by Gasteiger charge is -2.10. The maximum atomic E-state index is 12.2. The molecule has 7 heteroatoms. The summed E-state index contributed by atoms with van der Waals surface area (Å²) < 4.78 is 42.7. The van der Waals surface area contributed by atoms with Crippen molar-refractivity contribution in [3.05, 3.63) is 23.2 Å². The number of hydrogen-bond donors (Lipinski definition) is 0. The quantitative estimate of drug-likeness (QED) is 0.294. The van der Waals surface area contributed by atoms with Gasteiger partial charge in [-0.25, -0.2) is 0 Å². The number of benzene rings is 1. The van der Waals surface area contributed by atoms with E-state index in [9.17, 15) is 13.2 Å². The smallest absolute Gasteiger partial charge is 0.446 e. The highest BCUT2D eigenvalue weighted by Gasteiger charge is 2.29. The molecule has 0 saturated carbocycles. The summed E-state index contributed by atoms with van der Waals surface area (Å²) >= 11 is 7.85. The molecular formula is C10H9ClF3IOS. The van der Waals surface area contributed by atoms with Gasteiger partial charge < -0.3 is 4.74 Å². The van der Waals surface area contributed by atoms with E-state index in [2.05, 4.69) is 22.6 Å². The zero-order valence-corrected chi connectivity index (χ0v) is 12.3. The molecule has 0 aliphatic heterocycles. The molecule has 0 radical (unpaired) electrons. The Hall–Kier alpha value is 0.180. The van der Waals surface area contributed by atoms with E-state index in [1.807, 2.05) is 0 Å². The van der Waals surface area contributed by atoms with E-state index < -0.39 is 5.51 Å². The van der Waals surface area contributed by atoms with Gasteiger partial charge in [0.25, 0.3) is 0 Å². The summed E-state index contributed by atoms with van der Waals surface area (Å²) in [4.78, 5) is 0.0753. The van der Waals surface area contributed by atoms with Gasteiger partial charge in [0.05, 0.1) is 11.6 Å². The molecule has 17 heavy (non-hydrogen) atoms. The van der Waals surface area contributed by atoms with Gasteiger partial charge in [0, 0.05) is 9.32 Å². The summed E-state index contributed by atoms with van der Waals surface area (Å²) in [6.45, 7) is 0.447. The van der Waals surface area contributed by atoms with Crippen LogP contribution in [0, 0.1) is 0 Å². The maximum absolute atomic E-state index is 12.2. The average Bonchev–Trinajstić information content (AvgIpc) is 2.21. The highest BCUT2D eigenvalue weighted by Crippen LogP contribution is 2.39. The first-order valence-corrected chi connectivity index (χ1v) is 7.38. The molecule has 1 aromatic carbocycles. The Balaban J connectivity index is 2.72. The summed E-state index contributed by atoms with van der Waals surface area (Å²) in [5.41, 5.74) is -4.30. The molecule has 0 atom stereocenters. The van der Waals surface area contributed by atoms with E-state index in [0.717, 1.165) is 10.8 Å². The molecule has 0 bridgehead atoms. The molecule has 0 aliphatic carbocycles. The molecule has 0 heterocycles. The lowest BCUT2D eigenvalue weighted by molar-refractivity contribution is -0.0328. The Morgan fingerprint density at radius 3 is 2.65 bits per heavy atom. The monoisotopic (exact) mass is 396 g/mol.